The highest BCUT2D eigenvalue weighted by atomic mass is 15.1. The topological polar surface area (TPSA) is 8.17 Å². The Bertz CT molecular complexity index is 3330. The van der Waals surface area contributed by atoms with Crippen LogP contribution in [0.25, 0.3) is 71.3 Å². The van der Waals surface area contributed by atoms with Crippen molar-refractivity contribution in [3.63, 3.8) is 0 Å². The average Bonchev–Trinajstić information content (AvgIpc) is 3.80. The van der Waals surface area contributed by atoms with Gasteiger partial charge in [0.25, 0.3) is 0 Å². The summed E-state index contributed by atoms with van der Waals surface area (Å²) in [5.41, 5.74) is 17.7. The first-order valence-corrected chi connectivity index (χ1v) is 20.5. The predicted octanol–water partition coefficient (Wildman–Crippen LogP) is 15.2. The van der Waals surface area contributed by atoms with Crippen LogP contribution in [0.2, 0.25) is 0 Å². The molecule has 58 heavy (non-hydrogen) atoms. The number of nitrogens with zero attached hydrogens (tertiary/aromatic N) is 2. The standard InChI is InChI=1S/C56H42N2/c1-55(2)48-31-38(28-29-40(48)44-33-52-45(32-49(44)55)42-24-15-16-26-50(42)58(52)37-20-9-6-10-21-37)57(36-18-7-5-8-19-36)51-34-46-53-39-22-12-11-17-35(39)27-30-47(53)56(3,4)54(46)43-25-14-13-23-41(43)51/h5-34H,1-4H3. The molecule has 0 radical (unpaired) electrons. The van der Waals surface area contributed by atoms with E-state index in [0.717, 1.165) is 11.4 Å². The van der Waals surface area contributed by atoms with Crippen LogP contribution in [-0.2, 0) is 10.8 Å². The van der Waals surface area contributed by atoms with Crippen LogP contribution in [0.1, 0.15) is 49.9 Å². The van der Waals surface area contributed by atoms with Crippen LogP contribution in [0.5, 0.6) is 0 Å². The van der Waals surface area contributed by atoms with Gasteiger partial charge in [0.1, 0.15) is 0 Å². The molecule has 12 rings (SSSR count). The molecule has 0 saturated heterocycles. The fourth-order valence-electron chi connectivity index (χ4n) is 10.8. The lowest BCUT2D eigenvalue weighted by atomic mass is 9.79. The highest BCUT2D eigenvalue weighted by Gasteiger charge is 2.40. The summed E-state index contributed by atoms with van der Waals surface area (Å²) in [5.74, 6) is 0. The van der Waals surface area contributed by atoms with Crippen molar-refractivity contribution in [3.05, 3.63) is 204 Å². The normalized spacial score (nSPS) is 14.5. The van der Waals surface area contributed by atoms with Crippen LogP contribution >= 0.6 is 0 Å². The van der Waals surface area contributed by atoms with Gasteiger partial charge < -0.3 is 9.47 Å². The molecule has 1 heterocycles. The zero-order chi connectivity index (χ0) is 38.9. The average molecular weight is 743 g/mol. The second kappa shape index (κ2) is 11.8. The summed E-state index contributed by atoms with van der Waals surface area (Å²) in [6.45, 7) is 9.62. The first-order valence-electron chi connectivity index (χ1n) is 20.5. The fraction of sp³-hybridized carbons (Fsp3) is 0.107. The number of anilines is 3. The molecule has 10 aromatic rings. The molecule has 2 heteroatoms. The zero-order valence-electron chi connectivity index (χ0n) is 33.2. The number of fused-ring (bicyclic) bond motifs is 13. The molecule has 0 atom stereocenters. The van der Waals surface area contributed by atoms with Crippen molar-refractivity contribution in [2.75, 3.05) is 4.90 Å². The number of rotatable bonds is 4. The number of hydrogen-bond acceptors (Lipinski definition) is 1. The maximum absolute atomic E-state index is 2.51. The highest BCUT2D eigenvalue weighted by Crippen LogP contribution is 2.57. The summed E-state index contributed by atoms with van der Waals surface area (Å²) >= 11 is 0. The van der Waals surface area contributed by atoms with Gasteiger partial charge in [0.2, 0.25) is 0 Å². The Kier molecular flexibility index (Phi) is 6.78. The van der Waals surface area contributed by atoms with Crippen LogP contribution in [0.3, 0.4) is 0 Å². The summed E-state index contributed by atoms with van der Waals surface area (Å²) in [6.07, 6.45) is 0. The Morgan fingerprint density at radius 1 is 0.397 bits per heavy atom. The summed E-state index contributed by atoms with van der Waals surface area (Å²) < 4.78 is 2.43. The third-order valence-corrected chi connectivity index (χ3v) is 13.5. The smallest absolute Gasteiger partial charge is 0.0547 e. The van der Waals surface area contributed by atoms with Gasteiger partial charge in [-0.3, -0.25) is 0 Å². The van der Waals surface area contributed by atoms with E-state index in [-0.39, 0.29) is 10.8 Å². The van der Waals surface area contributed by atoms with Gasteiger partial charge >= 0.3 is 0 Å². The molecule has 0 N–H and O–H groups in total. The lowest BCUT2D eigenvalue weighted by Crippen LogP contribution is -2.17. The second-order valence-corrected chi connectivity index (χ2v) is 17.3. The zero-order valence-corrected chi connectivity index (χ0v) is 33.2. The van der Waals surface area contributed by atoms with E-state index in [2.05, 4.69) is 219 Å². The predicted molar refractivity (Wildman–Crippen MR) is 246 cm³/mol. The quantitative estimate of drug-likeness (QED) is 0.174. The Balaban J connectivity index is 1.10. The molecule has 2 nitrogen and oxygen atoms in total. The molecule has 0 aliphatic heterocycles. The summed E-state index contributed by atoms with van der Waals surface area (Å²) in [7, 11) is 0. The Labute approximate surface area is 339 Å². The van der Waals surface area contributed by atoms with Crippen molar-refractivity contribution >= 4 is 60.4 Å². The number of para-hydroxylation sites is 3. The molecular weight excluding hydrogens is 701 g/mol. The third kappa shape index (κ3) is 4.43. The molecule has 0 fully saturated rings. The van der Waals surface area contributed by atoms with E-state index in [1.54, 1.807) is 0 Å². The Morgan fingerprint density at radius 3 is 1.84 bits per heavy atom. The van der Waals surface area contributed by atoms with E-state index in [4.69, 9.17) is 0 Å². The van der Waals surface area contributed by atoms with Gasteiger partial charge in [0, 0.05) is 44.1 Å². The third-order valence-electron chi connectivity index (χ3n) is 13.5. The van der Waals surface area contributed by atoms with E-state index < -0.39 is 0 Å². The van der Waals surface area contributed by atoms with Crippen LogP contribution in [-0.4, -0.2) is 4.57 Å². The first kappa shape index (κ1) is 33.3. The summed E-state index contributed by atoms with van der Waals surface area (Å²) in [4.78, 5) is 2.51. The molecule has 2 aliphatic rings. The molecule has 0 bridgehead atoms. The van der Waals surface area contributed by atoms with Gasteiger partial charge in [0.15, 0.2) is 0 Å². The minimum atomic E-state index is -0.213. The minimum Gasteiger partial charge on any atom is -0.310 e. The van der Waals surface area contributed by atoms with Gasteiger partial charge in [-0.2, -0.15) is 0 Å². The molecule has 0 spiro atoms. The lowest BCUT2D eigenvalue weighted by molar-refractivity contribution is 0.661. The molecular formula is C56H42N2. The van der Waals surface area contributed by atoms with Crippen LogP contribution in [0.15, 0.2) is 182 Å². The molecule has 0 amide bonds. The Hall–Kier alpha value is -6.90. The van der Waals surface area contributed by atoms with E-state index in [1.807, 2.05) is 0 Å². The van der Waals surface area contributed by atoms with Crippen molar-refractivity contribution in [1.29, 1.82) is 0 Å². The summed E-state index contributed by atoms with van der Waals surface area (Å²) in [5, 5.41) is 7.75. The second-order valence-electron chi connectivity index (χ2n) is 17.3. The van der Waals surface area contributed by atoms with Crippen molar-refractivity contribution in [2.45, 2.75) is 38.5 Å². The van der Waals surface area contributed by atoms with Crippen LogP contribution in [0.4, 0.5) is 17.1 Å². The number of hydrogen-bond donors (Lipinski definition) is 0. The Morgan fingerprint density at radius 2 is 1.05 bits per heavy atom. The minimum absolute atomic E-state index is 0.148. The van der Waals surface area contributed by atoms with Crippen molar-refractivity contribution in [3.8, 4) is 27.9 Å². The van der Waals surface area contributed by atoms with Gasteiger partial charge in [-0.25, -0.2) is 0 Å². The molecule has 9 aromatic carbocycles. The van der Waals surface area contributed by atoms with Gasteiger partial charge in [-0.1, -0.05) is 149 Å². The molecule has 2 aliphatic carbocycles. The summed E-state index contributed by atoms with van der Waals surface area (Å²) in [6, 6.07) is 67.9. The van der Waals surface area contributed by atoms with Crippen molar-refractivity contribution in [2.24, 2.45) is 0 Å². The first-order chi connectivity index (χ1) is 28.3. The van der Waals surface area contributed by atoms with Gasteiger partial charge in [-0.05, 0) is 121 Å². The van der Waals surface area contributed by atoms with Gasteiger partial charge in [0.05, 0.1) is 16.7 Å². The maximum Gasteiger partial charge on any atom is 0.0547 e. The van der Waals surface area contributed by atoms with Crippen LogP contribution in [0, 0.1) is 0 Å². The number of benzene rings is 9. The number of aromatic nitrogens is 1. The van der Waals surface area contributed by atoms with Gasteiger partial charge in [-0.15, -0.1) is 0 Å². The molecule has 276 valence electrons. The van der Waals surface area contributed by atoms with Crippen molar-refractivity contribution in [1.82, 2.24) is 4.57 Å². The molecule has 0 unspecified atom stereocenters. The van der Waals surface area contributed by atoms with E-state index in [1.165, 1.54) is 99.2 Å². The molecule has 0 saturated carbocycles. The van der Waals surface area contributed by atoms with Crippen LogP contribution < -0.4 is 4.90 Å². The fourth-order valence-corrected chi connectivity index (χ4v) is 10.8. The van der Waals surface area contributed by atoms with E-state index in [0.29, 0.717) is 0 Å². The van der Waals surface area contributed by atoms with E-state index in [9.17, 15) is 0 Å². The monoisotopic (exact) mass is 742 g/mol. The molecule has 1 aromatic heterocycles. The highest BCUT2D eigenvalue weighted by molar-refractivity contribution is 6.13. The maximum atomic E-state index is 2.51. The SMILES string of the molecule is CC1(C)c2cc(N(c3ccccc3)c3cc4c(c5ccccc35)C(C)(C)c3ccc5ccccc5c3-4)ccc2-c2cc3c(cc21)c1ccccc1n3-c1ccccc1. The van der Waals surface area contributed by atoms with Crippen molar-refractivity contribution < 1.29 is 0 Å². The lowest BCUT2D eigenvalue weighted by Gasteiger charge is -2.30. The largest absolute Gasteiger partial charge is 0.310 e. The van der Waals surface area contributed by atoms with E-state index >= 15 is 0 Å².